The van der Waals surface area contributed by atoms with Gasteiger partial charge < -0.3 is 0 Å². The van der Waals surface area contributed by atoms with E-state index in [0.717, 1.165) is 36.6 Å². The summed E-state index contributed by atoms with van der Waals surface area (Å²) in [4.78, 5) is 21.0. The number of nitrogens with zero attached hydrogens (tertiary/aromatic N) is 2. The normalized spacial score (nSPS) is 20.2. The molecule has 1 aliphatic carbocycles. The molecule has 1 aliphatic rings. The summed E-state index contributed by atoms with van der Waals surface area (Å²) in [5.41, 5.74) is 7.64. The van der Waals surface area contributed by atoms with Gasteiger partial charge >= 0.3 is 0 Å². The van der Waals surface area contributed by atoms with Crippen LogP contribution in [-0.4, -0.2) is 15.9 Å². The molecule has 2 aromatic heterocycles. The van der Waals surface area contributed by atoms with Gasteiger partial charge in [-0.1, -0.05) is 13.0 Å². The highest BCUT2D eigenvalue weighted by molar-refractivity contribution is 5.82. The maximum Gasteiger partial charge on any atom is 0.241 e. The first-order valence-electron chi connectivity index (χ1n) is 10.1. The summed E-state index contributed by atoms with van der Waals surface area (Å²) in [6, 6.07) is 12.3. The first kappa shape index (κ1) is 19.3. The van der Waals surface area contributed by atoms with Crippen LogP contribution in [-0.2, 0) is 4.79 Å². The lowest BCUT2D eigenvalue weighted by Gasteiger charge is -2.32. The Balaban J connectivity index is 1.37. The van der Waals surface area contributed by atoms with Crippen LogP contribution in [0.4, 0.5) is 10.2 Å². The summed E-state index contributed by atoms with van der Waals surface area (Å²) in [6.07, 6.45) is 7.41. The van der Waals surface area contributed by atoms with Gasteiger partial charge in [0.15, 0.2) is 0 Å². The number of rotatable bonds is 5. The van der Waals surface area contributed by atoms with Crippen LogP contribution in [0.15, 0.2) is 54.9 Å². The van der Waals surface area contributed by atoms with Gasteiger partial charge in [-0.3, -0.25) is 20.6 Å². The van der Waals surface area contributed by atoms with E-state index in [9.17, 15) is 9.18 Å². The molecular formula is C23H25FN4O. The van der Waals surface area contributed by atoms with Gasteiger partial charge in [-0.2, -0.15) is 0 Å². The highest BCUT2D eigenvalue weighted by Crippen LogP contribution is 2.40. The number of hydrazine groups is 1. The third-order valence-electron chi connectivity index (χ3n) is 6.05. The van der Waals surface area contributed by atoms with Crippen LogP contribution in [0.1, 0.15) is 44.1 Å². The van der Waals surface area contributed by atoms with Crippen LogP contribution in [0.25, 0.3) is 10.9 Å². The number of nitrogens with one attached hydrogen (secondary N) is 2. The van der Waals surface area contributed by atoms with Gasteiger partial charge in [0.05, 0.1) is 5.52 Å². The van der Waals surface area contributed by atoms with E-state index >= 15 is 0 Å². The third kappa shape index (κ3) is 4.36. The average molecular weight is 392 g/mol. The number of anilines is 1. The predicted octanol–water partition coefficient (Wildman–Crippen LogP) is 4.82. The monoisotopic (exact) mass is 392 g/mol. The van der Waals surface area contributed by atoms with E-state index in [1.54, 1.807) is 30.6 Å². The summed E-state index contributed by atoms with van der Waals surface area (Å²) in [7, 11) is 0. The Morgan fingerprint density at radius 3 is 2.66 bits per heavy atom. The second-order valence-electron chi connectivity index (χ2n) is 7.79. The van der Waals surface area contributed by atoms with Crippen LogP contribution in [0, 0.1) is 17.7 Å². The fourth-order valence-electron chi connectivity index (χ4n) is 4.32. The molecule has 1 atom stereocenters. The molecule has 1 amide bonds. The Kier molecular flexibility index (Phi) is 5.69. The summed E-state index contributed by atoms with van der Waals surface area (Å²) >= 11 is 0. The van der Waals surface area contributed by atoms with E-state index in [-0.39, 0.29) is 17.6 Å². The Morgan fingerprint density at radius 1 is 1.07 bits per heavy atom. The maximum absolute atomic E-state index is 13.8. The van der Waals surface area contributed by atoms with Gasteiger partial charge in [-0.25, -0.2) is 9.37 Å². The molecule has 0 radical (unpaired) electrons. The summed E-state index contributed by atoms with van der Waals surface area (Å²) in [6.45, 7) is 1.98. The number of pyridine rings is 2. The molecule has 3 aromatic rings. The summed E-state index contributed by atoms with van der Waals surface area (Å²) < 4.78 is 13.8. The van der Waals surface area contributed by atoms with Gasteiger partial charge in [-0.15, -0.1) is 0 Å². The first-order valence-corrected chi connectivity index (χ1v) is 10.1. The van der Waals surface area contributed by atoms with Crippen molar-refractivity contribution in [3.8, 4) is 0 Å². The minimum atomic E-state index is -0.230. The molecule has 2 heterocycles. The van der Waals surface area contributed by atoms with E-state index in [1.807, 2.05) is 25.1 Å². The molecular weight excluding hydrogens is 367 g/mol. The molecule has 5 nitrogen and oxygen atoms in total. The quantitative estimate of drug-likeness (QED) is 0.611. The zero-order valence-corrected chi connectivity index (χ0v) is 16.4. The minimum absolute atomic E-state index is 0.0180. The lowest BCUT2D eigenvalue weighted by Crippen LogP contribution is -2.38. The second-order valence-corrected chi connectivity index (χ2v) is 7.79. The van der Waals surface area contributed by atoms with Crippen molar-refractivity contribution in [2.24, 2.45) is 11.8 Å². The summed E-state index contributed by atoms with van der Waals surface area (Å²) in [5, 5.41) is 0.904. The largest absolute Gasteiger partial charge is 0.282 e. The number of carbonyl (C=O) groups is 1. The molecule has 0 aliphatic heterocycles. The van der Waals surface area contributed by atoms with Crippen molar-refractivity contribution in [2.45, 2.75) is 38.5 Å². The van der Waals surface area contributed by atoms with E-state index in [1.165, 1.54) is 11.6 Å². The van der Waals surface area contributed by atoms with Crippen molar-refractivity contribution in [3.63, 3.8) is 0 Å². The van der Waals surface area contributed by atoms with Crippen molar-refractivity contribution < 1.29 is 9.18 Å². The lowest BCUT2D eigenvalue weighted by molar-refractivity contribution is -0.126. The number of halogens is 1. The van der Waals surface area contributed by atoms with Gasteiger partial charge in [0.2, 0.25) is 5.91 Å². The van der Waals surface area contributed by atoms with Gasteiger partial charge in [0.1, 0.15) is 11.6 Å². The van der Waals surface area contributed by atoms with E-state index < -0.39 is 0 Å². The Hall–Kier alpha value is -3.02. The number of aromatic nitrogens is 2. The highest BCUT2D eigenvalue weighted by Gasteiger charge is 2.30. The molecule has 0 unspecified atom stereocenters. The van der Waals surface area contributed by atoms with Crippen molar-refractivity contribution in [1.82, 2.24) is 15.4 Å². The number of hydrogen-bond acceptors (Lipinski definition) is 4. The highest BCUT2D eigenvalue weighted by atomic mass is 19.1. The maximum atomic E-state index is 13.8. The fourth-order valence-corrected chi connectivity index (χ4v) is 4.32. The topological polar surface area (TPSA) is 66.9 Å². The number of benzene rings is 1. The molecule has 150 valence electrons. The van der Waals surface area contributed by atoms with E-state index in [0.29, 0.717) is 17.7 Å². The molecule has 1 fully saturated rings. The van der Waals surface area contributed by atoms with Gasteiger partial charge in [0.25, 0.3) is 0 Å². The molecule has 29 heavy (non-hydrogen) atoms. The van der Waals surface area contributed by atoms with Crippen LogP contribution < -0.4 is 10.9 Å². The molecule has 4 rings (SSSR count). The SMILES string of the molecule is C[C@@H](C(=O)NNc1ccccn1)C1CCC(c2ccnc3ccc(F)cc23)CC1. The Bertz CT molecular complexity index is 987. The standard InChI is InChI=1S/C23H25FN4O/c1-15(23(29)28-27-22-4-2-3-12-26-22)16-5-7-17(8-6-16)19-11-13-25-21-10-9-18(24)14-20(19)21/h2-4,9-17H,5-8H2,1H3,(H,26,27)(H,28,29)/t15-,16?,17?/m1/s1. The number of carbonyl (C=O) groups excluding carboxylic acids is 1. The van der Waals surface area contributed by atoms with Crippen molar-refractivity contribution in [1.29, 1.82) is 0 Å². The zero-order valence-electron chi connectivity index (χ0n) is 16.4. The van der Waals surface area contributed by atoms with Crippen LogP contribution in [0.3, 0.4) is 0 Å². The average Bonchev–Trinajstić information content (AvgIpc) is 2.77. The fraction of sp³-hybridized carbons (Fsp3) is 0.348. The van der Waals surface area contributed by atoms with Gasteiger partial charge in [-0.05, 0) is 79.5 Å². The Labute approximate surface area is 169 Å². The summed E-state index contributed by atoms with van der Waals surface area (Å²) in [5.74, 6) is 0.996. The molecule has 0 saturated heterocycles. The van der Waals surface area contributed by atoms with Crippen LogP contribution in [0.5, 0.6) is 0 Å². The van der Waals surface area contributed by atoms with E-state index in [4.69, 9.17) is 0 Å². The third-order valence-corrected chi connectivity index (χ3v) is 6.05. The molecule has 0 spiro atoms. The zero-order chi connectivity index (χ0) is 20.2. The molecule has 2 N–H and O–H groups in total. The van der Waals surface area contributed by atoms with Crippen LogP contribution in [0.2, 0.25) is 0 Å². The molecule has 6 heteroatoms. The Morgan fingerprint density at radius 2 is 1.90 bits per heavy atom. The lowest BCUT2D eigenvalue weighted by atomic mass is 9.73. The van der Waals surface area contributed by atoms with Crippen LogP contribution >= 0.6 is 0 Å². The second kappa shape index (κ2) is 8.55. The van der Waals surface area contributed by atoms with Crippen molar-refractivity contribution in [3.05, 3.63) is 66.2 Å². The number of amides is 1. The number of hydrogen-bond donors (Lipinski definition) is 2. The minimum Gasteiger partial charge on any atom is -0.282 e. The van der Waals surface area contributed by atoms with Crippen molar-refractivity contribution in [2.75, 3.05) is 5.43 Å². The number of fused-ring (bicyclic) bond motifs is 1. The molecule has 1 saturated carbocycles. The van der Waals surface area contributed by atoms with Gasteiger partial charge in [0, 0.05) is 23.7 Å². The van der Waals surface area contributed by atoms with Crippen molar-refractivity contribution >= 4 is 22.6 Å². The molecule has 1 aromatic carbocycles. The predicted molar refractivity (Wildman–Crippen MR) is 112 cm³/mol. The smallest absolute Gasteiger partial charge is 0.241 e. The molecule has 0 bridgehead atoms. The van der Waals surface area contributed by atoms with E-state index in [2.05, 4.69) is 20.8 Å². The first-order chi connectivity index (χ1) is 14.1.